The molecule has 0 saturated heterocycles. The summed E-state index contributed by atoms with van der Waals surface area (Å²) >= 11 is 0. The predicted octanol–water partition coefficient (Wildman–Crippen LogP) is 1.83. The minimum Gasteiger partial charge on any atom is -0.381 e. The Morgan fingerprint density at radius 2 is 2.22 bits per heavy atom. The highest BCUT2D eigenvalue weighted by molar-refractivity contribution is 5.07. The number of hydrogen-bond acceptors (Lipinski definition) is 5. The van der Waals surface area contributed by atoms with Crippen LogP contribution in [0.25, 0.3) is 0 Å². The number of nitrogens with zero attached hydrogens (tertiary/aromatic N) is 2. The van der Waals surface area contributed by atoms with Crippen molar-refractivity contribution >= 4 is 0 Å². The maximum absolute atomic E-state index is 12.4. The lowest BCUT2D eigenvalue weighted by Gasteiger charge is -2.34. The van der Waals surface area contributed by atoms with Gasteiger partial charge in [0.2, 0.25) is 0 Å². The van der Waals surface area contributed by atoms with E-state index in [-0.39, 0.29) is 11.9 Å². The Bertz CT molecular complexity index is 421. The van der Waals surface area contributed by atoms with Gasteiger partial charge >= 0.3 is 12.1 Å². The van der Waals surface area contributed by atoms with Gasteiger partial charge in [-0.3, -0.25) is 0 Å². The normalized spacial score (nSPS) is 29.5. The summed E-state index contributed by atoms with van der Waals surface area (Å²) in [6.45, 7) is 0. The van der Waals surface area contributed by atoms with Gasteiger partial charge in [0.1, 0.15) is 0 Å². The highest BCUT2D eigenvalue weighted by Gasteiger charge is 2.43. The Morgan fingerprint density at radius 1 is 1.50 bits per heavy atom. The summed E-state index contributed by atoms with van der Waals surface area (Å²) in [5.41, 5.74) is 5.06. The Kier molecular flexibility index (Phi) is 3.33. The van der Waals surface area contributed by atoms with Crippen LogP contribution < -0.4 is 5.73 Å². The fraction of sp³-hybridized carbons (Fsp3) is 0.800. The first kappa shape index (κ1) is 13.3. The molecule has 1 aromatic rings. The van der Waals surface area contributed by atoms with Crippen molar-refractivity contribution in [2.75, 3.05) is 7.11 Å². The molecular weight excluding hydrogens is 251 g/mol. The zero-order valence-corrected chi connectivity index (χ0v) is 9.83. The molecule has 0 aliphatic heterocycles. The average Bonchev–Trinajstić information content (AvgIpc) is 2.78. The third-order valence-electron chi connectivity index (χ3n) is 3.19. The van der Waals surface area contributed by atoms with E-state index in [2.05, 4.69) is 14.7 Å². The van der Waals surface area contributed by atoms with Crippen molar-refractivity contribution in [1.29, 1.82) is 0 Å². The lowest BCUT2D eigenvalue weighted by Crippen LogP contribution is -2.44. The maximum Gasteiger partial charge on any atom is 0.471 e. The van der Waals surface area contributed by atoms with E-state index in [0.29, 0.717) is 12.8 Å². The summed E-state index contributed by atoms with van der Waals surface area (Å²) in [7, 11) is 1.55. The second-order valence-corrected chi connectivity index (χ2v) is 4.53. The van der Waals surface area contributed by atoms with Gasteiger partial charge in [-0.05, 0) is 25.7 Å². The monoisotopic (exact) mass is 265 g/mol. The van der Waals surface area contributed by atoms with Crippen molar-refractivity contribution in [3.63, 3.8) is 0 Å². The van der Waals surface area contributed by atoms with Gasteiger partial charge in [0.15, 0.2) is 5.82 Å². The number of alkyl halides is 3. The van der Waals surface area contributed by atoms with E-state index in [4.69, 9.17) is 10.5 Å². The Morgan fingerprint density at radius 3 is 2.78 bits per heavy atom. The lowest BCUT2D eigenvalue weighted by molar-refractivity contribution is -0.159. The molecule has 2 unspecified atom stereocenters. The van der Waals surface area contributed by atoms with E-state index in [1.807, 2.05) is 0 Å². The van der Waals surface area contributed by atoms with Crippen LogP contribution in [-0.2, 0) is 16.5 Å². The van der Waals surface area contributed by atoms with Crippen LogP contribution in [0.5, 0.6) is 0 Å². The van der Waals surface area contributed by atoms with Crippen LogP contribution in [0.3, 0.4) is 0 Å². The van der Waals surface area contributed by atoms with E-state index < -0.39 is 17.6 Å². The summed E-state index contributed by atoms with van der Waals surface area (Å²) in [4.78, 5) is 3.36. The van der Waals surface area contributed by atoms with Gasteiger partial charge in [-0.1, -0.05) is 5.16 Å². The molecular formula is C10H14F3N3O2. The fourth-order valence-electron chi connectivity index (χ4n) is 2.20. The topological polar surface area (TPSA) is 74.2 Å². The quantitative estimate of drug-likeness (QED) is 0.883. The molecule has 18 heavy (non-hydrogen) atoms. The third kappa shape index (κ3) is 2.49. The Hall–Kier alpha value is -1.15. The number of methoxy groups -OCH3 is 1. The van der Waals surface area contributed by atoms with Crippen molar-refractivity contribution in [3.8, 4) is 0 Å². The molecule has 1 fully saturated rings. The molecule has 1 saturated carbocycles. The van der Waals surface area contributed by atoms with Crippen molar-refractivity contribution < 1.29 is 22.4 Å². The van der Waals surface area contributed by atoms with Crippen LogP contribution >= 0.6 is 0 Å². The van der Waals surface area contributed by atoms with E-state index in [9.17, 15) is 13.2 Å². The van der Waals surface area contributed by atoms with Gasteiger partial charge in [0, 0.05) is 7.11 Å². The second-order valence-electron chi connectivity index (χ2n) is 4.53. The third-order valence-corrected chi connectivity index (χ3v) is 3.19. The van der Waals surface area contributed by atoms with Crippen molar-refractivity contribution in [1.82, 2.24) is 10.1 Å². The molecule has 2 N–H and O–H groups in total. The summed E-state index contributed by atoms with van der Waals surface area (Å²) < 4.78 is 46.5. The first-order valence-electron chi connectivity index (χ1n) is 5.58. The molecule has 1 aliphatic rings. The van der Waals surface area contributed by atoms with Crippen molar-refractivity contribution in [2.24, 2.45) is 5.73 Å². The fourth-order valence-corrected chi connectivity index (χ4v) is 2.20. The predicted molar refractivity (Wildman–Crippen MR) is 54.4 cm³/mol. The zero-order chi connectivity index (χ0) is 13.4. The number of hydrogen-bond donors (Lipinski definition) is 1. The second kappa shape index (κ2) is 4.51. The number of rotatable bonds is 2. The molecule has 2 atom stereocenters. The van der Waals surface area contributed by atoms with Crippen molar-refractivity contribution in [2.45, 2.75) is 43.5 Å². The minimum absolute atomic E-state index is 0.0865. The molecule has 2 rings (SSSR count). The van der Waals surface area contributed by atoms with Crippen LogP contribution in [0.1, 0.15) is 37.4 Å². The number of nitrogens with two attached hydrogens (primary N) is 1. The molecule has 1 heterocycles. The van der Waals surface area contributed by atoms with Gasteiger partial charge in [-0.2, -0.15) is 18.2 Å². The first-order valence-corrected chi connectivity index (χ1v) is 5.58. The first-order chi connectivity index (χ1) is 8.35. The molecule has 0 aromatic carbocycles. The Balaban J connectivity index is 2.22. The van der Waals surface area contributed by atoms with E-state index in [1.165, 1.54) is 0 Å². The zero-order valence-electron chi connectivity index (χ0n) is 9.83. The highest BCUT2D eigenvalue weighted by Crippen LogP contribution is 2.36. The van der Waals surface area contributed by atoms with Gasteiger partial charge in [0.05, 0.1) is 11.6 Å². The summed E-state index contributed by atoms with van der Waals surface area (Å²) in [6.07, 6.45) is -2.23. The number of ether oxygens (including phenoxy) is 1. The number of halogens is 3. The standard InChI is InChI=1S/C10H14F3N3O2/c1-17-6-3-2-4-9(14,5-6)7-15-8(18-16-7)10(11,12)13/h6H,2-5,14H2,1H3. The summed E-state index contributed by atoms with van der Waals surface area (Å²) in [5, 5.41) is 3.36. The van der Waals surface area contributed by atoms with Crippen molar-refractivity contribution in [3.05, 3.63) is 11.7 Å². The summed E-state index contributed by atoms with van der Waals surface area (Å²) in [6, 6.07) is 0. The molecule has 102 valence electrons. The molecule has 0 amide bonds. The van der Waals surface area contributed by atoms with Gasteiger partial charge < -0.3 is 15.0 Å². The SMILES string of the molecule is COC1CCCC(N)(c2noc(C(F)(F)F)n2)C1. The molecule has 1 aliphatic carbocycles. The maximum atomic E-state index is 12.4. The molecule has 0 bridgehead atoms. The molecule has 0 radical (unpaired) electrons. The van der Waals surface area contributed by atoms with Crippen LogP contribution in [-0.4, -0.2) is 23.4 Å². The molecule has 0 spiro atoms. The number of aromatic nitrogens is 2. The smallest absolute Gasteiger partial charge is 0.381 e. The molecule has 5 nitrogen and oxygen atoms in total. The van der Waals surface area contributed by atoms with Gasteiger partial charge in [-0.15, -0.1) is 0 Å². The lowest BCUT2D eigenvalue weighted by atomic mass is 9.80. The summed E-state index contributed by atoms with van der Waals surface area (Å²) in [5.74, 6) is -1.46. The molecule has 8 heteroatoms. The van der Waals surface area contributed by atoms with E-state index >= 15 is 0 Å². The van der Waals surface area contributed by atoms with Crippen LogP contribution in [0, 0.1) is 0 Å². The van der Waals surface area contributed by atoms with E-state index in [0.717, 1.165) is 12.8 Å². The van der Waals surface area contributed by atoms with Crippen LogP contribution in [0.2, 0.25) is 0 Å². The Labute approximate surface area is 101 Å². The van der Waals surface area contributed by atoms with E-state index in [1.54, 1.807) is 7.11 Å². The highest BCUT2D eigenvalue weighted by atomic mass is 19.4. The largest absolute Gasteiger partial charge is 0.471 e. The average molecular weight is 265 g/mol. The minimum atomic E-state index is -4.64. The van der Waals surface area contributed by atoms with Gasteiger partial charge in [0.25, 0.3) is 0 Å². The molecule has 1 aromatic heterocycles. The van der Waals surface area contributed by atoms with Gasteiger partial charge in [-0.25, -0.2) is 0 Å². The van der Waals surface area contributed by atoms with Crippen LogP contribution in [0.4, 0.5) is 13.2 Å². The van der Waals surface area contributed by atoms with Crippen LogP contribution in [0.15, 0.2) is 4.52 Å².